The Bertz CT molecular complexity index is 746. The molecule has 25 heavy (non-hydrogen) atoms. The lowest BCUT2D eigenvalue weighted by Crippen LogP contribution is -2.44. The predicted molar refractivity (Wildman–Crippen MR) is 97.0 cm³/mol. The summed E-state index contributed by atoms with van der Waals surface area (Å²) in [5.41, 5.74) is 6.97. The molecule has 1 aromatic carbocycles. The molecule has 1 aliphatic heterocycles. The van der Waals surface area contributed by atoms with Gasteiger partial charge in [-0.2, -0.15) is 0 Å². The molecule has 132 valence electrons. The van der Waals surface area contributed by atoms with Crippen molar-refractivity contribution < 1.29 is 9.59 Å². The Labute approximate surface area is 147 Å². The van der Waals surface area contributed by atoms with E-state index in [2.05, 4.69) is 27.3 Å². The molecule has 0 radical (unpaired) electrons. The zero-order chi connectivity index (χ0) is 17.9. The number of hydrogen-bond donors (Lipinski definition) is 3. The van der Waals surface area contributed by atoms with Crippen LogP contribution in [0.4, 0.5) is 5.69 Å². The molecule has 1 fully saturated rings. The fourth-order valence-electron chi connectivity index (χ4n) is 3.16. The molecule has 3 rings (SSSR count). The highest BCUT2D eigenvalue weighted by Gasteiger charge is 2.37. The van der Waals surface area contributed by atoms with Crippen LogP contribution < -0.4 is 11.1 Å². The van der Waals surface area contributed by atoms with Crippen LogP contribution >= 0.6 is 0 Å². The third-order valence-electron chi connectivity index (χ3n) is 4.96. The molecule has 4 N–H and O–H groups in total. The van der Waals surface area contributed by atoms with Crippen molar-refractivity contribution in [3.8, 4) is 0 Å². The Kier molecular flexibility index (Phi) is 4.90. The third-order valence-corrected chi connectivity index (χ3v) is 4.96. The second-order valence-corrected chi connectivity index (χ2v) is 6.94. The summed E-state index contributed by atoms with van der Waals surface area (Å²) in [5.74, 6) is -0.553. The Hall–Kier alpha value is -2.60. The highest BCUT2D eigenvalue weighted by atomic mass is 16.2. The number of aromatic nitrogens is 1. The number of likely N-dealkylation sites (tertiary alicyclic amines) is 1. The number of nitrogens with zero attached hydrogens (tertiary/aromatic N) is 1. The van der Waals surface area contributed by atoms with Gasteiger partial charge in [-0.15, -0.1) is 0 Å². The second kappa shape index (κ2) is 7.11. The Morgan fingerprint density at radius 3 is 2.52 bits per heavy atom. The van der Waals surface area contributed by atoms with E-state index in [1.807, 2.05) is 25.1 Å². The van der Waals surface area contributed by atoms with Crippen molar-refractivity contribution in [3.63, 3.8) is 0 Å². The van der Waals surface area contributed by atoms with Crippen LogP contribution in [0.1, 0.15) is 35.8 Å². The zero-order valence-electron chi connectivity index (χ0n) is 14.4. The number of nitrogens with one attached hydrogen (secondary N) is 2. The number of hydrogen-bond acceptors (Lipinski definition) is 3. The molecular formula is C19H24N4O2. The van der Waals surface area contributed by atoms with Gasteiger partial charge in [0.2, 0.25) is 5.91 Å². The maximum atomic E-state index is 12.7. The lowest BCUT2D eigenvalue weighted by Gasteiger charge is -2.38. The average molecular weight is 340 g/mol. The molecule has 0 atom stereocenters. The van der Waals surface area contributed by atoms with Crippen molar-refractivity contribution in [2.75, 3.05) is 18.4 Å². The lowest BCUT2D eigenvalue weighted by atomic mass is 9.79. The van der Waals surface area contributed by atoms with E-state index in [9.17, 15) is 9.59 Å². The molecule has 0 spiro atoms. The van der Waals surface area contributed by atoms with Gasteiger partial charge in [0.25, 0.3) is 5.91 Å². The number of piperidine rings is 1. The summed E-state index contributed by atoms with van der Waals surface area (Å²) in [4.78, 5) is 28.9. The van der Waals surface area contributed by atoms with Gasteiger partial charge in [0.05, 0.1) is 5.69 Å². The number of nitrogens with two attached hydrogens (primary N) is 1. The number of anilines is 1. The van der Waals surface area contributed by atoms with Crippen molar-refractivity contribution >= 4 is 17.5 Å². The summed E-state index contributed by atoms with van der Waals surface area (Å²) in [5, 5.41) is 2.90. The van der Waals surface area contributed by atoms with Crippen molar-refractivity contribution in [3.05, 3.63) is 53.9 Å². The van der Waals surface area contributed by atoms with E-state index >= 15 is 0 Å². The molecule has 6 nitrogen and oxygen atoms in total. The number of benzene rings is 1. The zero-order valence-corrected chi connectivity index (χ0v) is 14.4. The summed E-state index contributed by atoms with van der Waals surface area (Å²) in [7, 11) is 0. The van der Waals surface area contributed by atoms with Gasteiger partial charge in [-0.25, -0.2) is 0 Å². The first kappa shape index (κ1) is 17.2. The minimum Gasteiger partial charge on any atom is -0.364 e. The summed E-state index contributed by atoms with van der Waals surface area (Å²) in [6.45, 7) is 4.69. The normalized spacial score (nSPS) is 17.2. The lowest BCUT2D eigenvalue weighted by molar-refractivity contribution is -0.127. The number of primary amides is 1. The fraction of sp³-hybridized carbons (Fsp3) is 0.368. The van der Waals surface area contributed by atoms with E-state index in [1.165, 1.54) is 5.56 Å². The van der Waals surface area contributed by atoms with E-state index in [1.54, 1.807) is 12.3 Å². The SMILES string of the molecule is CC1(C(=O)Nc2c[nH]c(C(N)=O)c2)CCN(Cc2ccccc2)CC1. The predicted octanol–water partition coefficient (Wildman–Crippen LogP) is 2.35. The molecule has 0 saturated carbocycles. The fourth-order valence-corrected chi connectivity index (χ4v) is 3.16. The molecule has 1 aromatic heterocycles. The van der Waals surface area contributed by atoms with Crippen molar-refractivity contribution in [2.45, 2.75) is 26.3 Å². The van der Waals surface area contributed by atoms with Crippen molar-refractivity contribution in [1.82, 2.24) is 9.88 Å². The van der Waals surface area contributed by atoms with E-state index in [0.717, 1.165) is 32.5 Å². The molecule has 0 bridgehead atoms. The second-order valence-electron chi connectivity index (χ2n) is 6.94. The maximum absolute atomic E-state index is 12.7. The van der Waals surface area contributed by atoms with E-state index in [-0.39, 0.29) is 11.6 Å². The van der Waals surface area contributed by atoms with Gasteiger partial charge in [-0.1, -0.05) is 37.3 Å². The van der Waals surface area contributed by atoms with Crippen LogP contribution in [0.15, 0.2) is 42.6 Å². The van der Waals surface area contributed by atoms with Gasteiger partial charge in [-0.05, 0) is 37.6 Å². The molecule has 0 aliphatic carbocycles. The first-order chi connectivity index (χ1) is 12.0. The number of H-pyrrole nitrogens is 1. The third kappa shape index (κ3) is 4.09. The van der Waals surface area contributed by atoms with Crippen LogP contribution in [0.3, 0.4) is 0 Å². The van der Waals surface area contributed by atoms with Gasteiger partial charge in [0.1, 0.15) is 5.69 Å². The van der Waals surface area contributed by atoms with Gasteiger partial charge in [0, 0.05) is 18.2 Å². The maximum Gasteiger partial charge on any atom is 0.265 e. The van der Waals surface area contributed by atoms with Crippen LogP contribution in [0.25, 0.3) is 0 Å². The van der Waals surface area contributed by atoms with Crippen LogP contribution in [-0.4, -0.2) is 34.8 Å². The molecule has 2 aromatic rings. The number of carbonyl (C=O) groups is 2. The highest BCUT2D eigenvalue weighted by molar-refractivity contribution is 5.97. The van der Waals surface area contributed by atoms with Crippen LogP contribution in [0.5, 0.6) is 0 Å². The Balaban J connectivity index is 1.55. The standard InChI is InChI=1S/C19H24N4O2/c1-19(18(25)22-15-11-16(17(20)24)21-12-15)7-9-23(10-8-19)13-14-5-3-2-4-6-14/h2-6,11-12,21H,7-10,13H2,1H3,(H2,20,24)(H,22,25). The first-order valence-corrected chi connectivity index (χ1v) is 8.52. The molecule has 0 unspecified atom stereocenters. The molecule has 2 amide bonds. The molecule has 6 heteroatoms. The summed E-state index contributed by atoms with van der Waals surface area (Å²) < 4.78 is 0. The van der Waals surface area contributed by atoms with Crippen molar-refractivity contribution in [2.24, 2.45) is 11.1 Å². The summed E-state index contributed by atoms with van der Waals surface area (Å²) >= 11 is 0. The average Bonchev–Trinajstić information content (AvgIpc) is 3.07. The summed E-state index contributed by atoms with van der Waals surface area (Å²) in [6.07, 6.45) is 3.20. The van der Waals surface area contributed by atoms with Crippen molar-refractivity contribution in [1.29, 1.82) is 0 Å². The number of amides is 2. The minimum atomic E-state index is -0.541. The van der Waals surface area contributed by atoms with E-state index in [0.29, 0.717) is 5.69 Å². The van der Waals surface area contributed by atoms with Crippen LogP contribution in [0.2, 0.25) is 0 Å². The van der Waals surface area contributed by atoms with E-state index < -0.39 is 11.3 Å². The first-order valence-electron chi connectivity index (χ1n) is 8.52. The largest absolute Gasteiger partial charge is 0.364 e. The quantitative estimate of drug-likeness (QED) is 0.780. The molecular weight excluding hydrogens is 316 g/mol. The number of aromatic amines is 1. The molecule has 2 heterocycles. The minimum absolute atomic E-state index is 0.0121. The van der Waals surface area contributed by atoms with Gasteiger partial charge < -0.3 is 16.0 Å². The number of rotatable bonds is 5. The van der Waals surface area contributed by atoms with Gasteiger partial charge >= 0.3 is 0 Å². The smallest absolute Gasteiger partial charge is 0.265 e. The topological polar surface area (TPSA) is 91.2 Å². The van der Waals surface area contributed by atoms with Gasteiger partial charge in [0.15, 0.2) is 0 Å². The van der Waals surface area contributed by atoms with E-state index in [4.69, 9.17) is 5.73 Å². The molecule has 1 saturated heterocycles. The van der Waals surface area contributed by atoms with Crippen LogP contribution in [-0.2, 0) is 11.3 Å². The molecule has 1 aliphatic rings. The monoisotopic (exact) mass is 340 g/mol. The highest BCUT2D eigenvalue weighted by Crippen LogP contribution is 2.33. The number of carbonyl (C=O) groups excluding carboxylic acids is 2. The van der Waals surface area contributed by atoms with Crippen LogP contribution in [0, 0.1) is 5.41 Å². The summed E-state index contributed by atoms with van der Waals surface area (Å²) in [6, 6.07) is 11.9. The Morgan fingerprint density at radius 2 is 1.92 bits per heavy atom. The Morgan fingerprint density at radius 1 is 1.24 bits per heavy atom. The van der Waals surface area contributed by atoms with Gasteiger partial charge in [-0.3, -0.25) is 14.5 Å².